The number of rotatable bonds is 1. The Balaban J connectivity index is 0. The molecule has 0 aromatic rings. The van der Waals surface area contributed by atoms with Crippen LogP contribution in [0.25, 0.3) is 0 Å². The summed E-state index contributed by atoms with van der Waals surface area (Å²) in [6.45, 7) is 3.28. The van der Waals surface area contributed by atoms with Gasteiger partial charge in [0.1, 0.15) is 0 Å². The first-order valence-corrected chi connectivity index (χ1v) is 4.82. The van der Waals surface area contributed by atoms with Crippen molar-refractivity contribution in [3.8, 4) is 0 Å². The molecular weight excluding hydrogens is 152 g/mol. The monoisotopic (exact) mass is 166 g/mol. The van der Waals surface area contributed by atoms with E-state index in [-0.39, 0.29) is 5.92 Å². The first-order valence-electron chi connectivity index (χ1n) is 2.85. The van der Waals surface area contributed by atoms with Crippen molar-refractivity contribution >= 4 is 17.1 Å². The van der Waals surface area contributed by atoms with E-state index in [0.717, 1.165) is 0 Å². The number of hydrogen-bond acceptors (Lipinski definition) is 2. The fraction of sp³-hybridized carbons (Fsp3) is 0.833. The number of carboxylic acids is 1. The summed E-state index contributed by atoms with van der Waals surface area (Å²) >= 11 is -0.611. The van der Waals surface area contributed by atoms with Crippen LogP contribution in [0, 0.1) is 5.92 Å². The topological polar surface area (TPSA) is 60.4 Å². The molecule has 0 amide bonds. The third-order valence-corrected chi connectivity index (χ3v) is 0.494. The van der Waals surface area contributed by atoms with E-state index in [4.69, 9.17) is 5.11 Å². The van der Waals surface area contributed by atoms with E-state index in [9.17, 15) is 9.35 Å². The lowest BCUT2D eigenvalue weighted by molar-refractivity contribution is -0.140. The largest absolute Gasteiger partial charge is 0.617 e. The quantitative estimate of drug-likeness (QED) is 0.584. The van der Waals surface area contributed by atoms with Gasteiger partial charge in [-0.2, -0.15) is 0 Å². The normalized spacial score (nSPS) is 9.10. The van der Waals surface area contributed by atoms with Crippen LogP contribution in [0.2, 0.25) is 0 Å². The van der Waals surface area contributed by atoms with Gasteiger partial charge in [-0.05, 0) is 0 Å². The molecule has 0 saturated heterocycles. The van der Waals surface area contributed by atoms with Gasteiger partial charge in [0, 0.05) is 0 Å². The zero-order chi connectivity index (χ0) is 8.73. The minimum Gasteiger partial charge on any atom is -0.617 e. The van der Waals surface area contributed by atoms with E-state index in [0.29, 0.717) is 0 Å². The fourth-order valence-corrected chi connectivity index (χ4v) is 0. The second-order valence-corrected chi connectivity index (χ2v) is 3.72. The summed E-state index contributed by atoms with van der Waals surface area (Å²) in [5, 5.41) is 7.99. The van der Waals surface area contributed by atoms with Crippen LogP contribution >= 0.6 is 0 Å². The Morgan fingerprint density at radius 2 is 1.60 bits per heavy atom. The minimum atomic E-state index is -0.741. The van der Waals surface area contributed by atoms with Gasteiger partial charge in [0.15, 0.2) is 0 Å². The third kappa shape index (κ3) is 25.0. The molecule has 4 heteroatoms. The van der Waals surface area contributed by atoms with Gasteiger partial charge in [0.05, 0.1) is 18.4 Å². The Hall–Kier alpha value is -0.220. The van der Waals surface area contributed by atoms with Gasteiger partial charge in [-0.25, -0.2) is 0 Å². The number of carbonyl (C=O) groups is 1. The van der Waals surface area contributed by atoms with E-state index in [2.05, 4.69) is 0 Å². The van der Waals surface area contributed by atoms with Gasteiger partial charge in [-0.3, -0.25) is 4.79 Å². The minimum absolute atomic E-state index is 0.231. The van der Waals surface area contributed by atoms with Crippen molar-refractivity contribution in [2.24, 2.45) is 5.92 Å². The molecule has 0 aromatic heterocycles. The van der Waals surface area contributed by atoms with Crippen molar-refractivity contribution in [3.63, 3.8) is 0 Å². The summed E-state index contributed by atoms with van der Waals surface area (Å²) < 4.78 is 9.56. The molecule has 0 heterocycles. The van der Waals surface area contributed by atoms with Crippen molar-refractivity contribution < 1.29 is 14.5 Å². The lowest BCUT2D eigenvalue weighted by atomic mass is 10.2. The molecule has 0 aliphatic carbocycles. The molecule has 10 heavy (non-hydrogen) atoms. The Kier molecular flexibility index (Phi) is 8.59. The predicted octanol–water partition coefficient (Wildman–Crippen LogP) is 0.722. The molecule has 62 valence electrons. The molecule has 0 rings (SSSR count). The van der Waals surface area contributed by atoms with E-state index in [1.165, 1.54) is 0 Å². The predicted molar refractivity (Wildman–Crippen MR) is 42.5 cm³/mol. The lowest BCUT2D eigenvalue weighted by Crippen LogP contribution is -2.03. The zero-order valence-electron chi connectivity index (χ0n) is 6.75. The van der Waals surface area contributed by atoms with E-state index in [1.807, 2.05) is 0 Å². The van der Waals surface area contributed by atoms with E-state index >= 15 is 0 Å². The average Bonchev–Trinajstić information content (AvgIpc) is 1.63. The fourth-order valence-electron chi connectivity index (χ4n) is 0. The molecular formula is C6H14O3S. The molecule has 0 saturated carbocycles. The van der Waals surface area contributed by atoms with Crippen molar-refractivity contribution in [1.29, 1.82) is 0 Å². The molecule has 1 N–H and O–H groups in total. The van der Waals surface area contributed by atoms with Gasteiger partial charge >= 0.3 is 5.97 Å². The van der Waals surface area contributed by atoms with Crippen LogP contribution in [0.3, 0.4) is 0 Å². The third-order valence-electron chi connectivity index (χ3n) is 0.494. The Morgan fingerprint density at radius 3 is 1.60 bits per heavy atom. The summed E-state index contributed by atoms with van der Waals surface area (Å²) in [5.74, 6) is -0.972. The number of aliphatic carboxylic acids is 1. The molecule has 0 bridgehead atoms. The lowest BCUT2D eigenvalue weighted by Gasteiger charge is -1.89. The summed E-state index contributed by atoms with van der Waals surface area (Å²) in [6.07, 6.45) is 3.28. The smallest absolute Gasteiger partial charge is 0.305 e. The standard InChI is InChI=1S/C4H8O2.C2H6OS/c1-3(2)4(5)6;1-4(2)3/h3H,1-2H3,(H,5,6);1-2H3. The maximum absolute atomic E-state index is 9.70. The summed E-state index contributed by atoms with van der Waals surface area (Å²) in [6, 6.07) is 0. The zero-order valence-corrected chi connectivity index (χ0v) is 7.57. The van der Waals surface area contributed by atoms with Crippen molar-refractivity contribution in [1.82, 2.24) is 0 Å². The molecule has 0 aliphatic rings. The average molecular weight is 166 g/mol. The van der Waals surface area contributed by atoms with Crippen LogP contribution in [0.4, 0.5) is 0 Å². The summed E-state index contributed by atoms with van der Waals surface area (Å²) in [7, 11) is 0. The molecule has 0 spiro atoms. The Morgan fingerprint density at radius 1 is 1.50 bits per heavy atom. The maximum Gasteiger partial charge on any atom is 0.305 e. The second kappa shape index (κ2) is 6.89. The molecule has 0 atom stereocenters. The van der Waals surface area contributed by atoms with Crippen LogP contribution in [-0.4, -0.2) is 28.1 Å². The van der Waals surface area contributed by atoms with Gasteiger partial charge in [-0.1, -0.05) is 25.0 Å². The van der Waals surface area contributed by atoms with Gasteiger partial charge in [0.2, 0.25) is 0 Å². The number of hydrogen-bond donors (Lipinski definition) is 1. The molecule has 0 fully saturated rings. The van der Waals surface area contributed by atoms with E-state index in [1.54, 1.807) is 26.4 Å². The van der Waals surface area contributed by atoms with E-state index < -0.39 is 17.1 Å². The highest BCUT2D eigenvalue weighted by Gasteiger charge is 1.99. The Labute approximate surface area is 64.6 Å². The van der Waals surface area contributed by atoms with Crippen LogP contribution in [-0.2, 0) is 16.0 Å². The highest BCUT2D eigenvalue weighted by molar-refractivity contribution is 7.89. The van der Waals surface area contributed by atoms with Crippen LogP contribution < -0.4 is 0 Å². The van der Waals surface area contributed by atoms with Crippen LogP contribution in [0.15, 0.2) is 0 Å². The SMILES string of the molecule is CC(C)C(=O)O.C[S+](C)[O-]. The first kappa shape index (κ1) is 12.5. The Bertz CT molecular complexity index is 88.2. The van der Waals surface area contributed by atoms with Gasteiger partial charge < -0.3 is 9.66 Å². The van der Waals surface area contributed by atoms with Crippen LogP contribution in [0.1, 0.15) is 13.8 Å². The van der Waals surface area contributed by atoms with Crippen molar-refractivity contribution in [2.45, 2.75) is 13.8 Å². The highest BCUT2D eigenvalue weighted by atomic mass is 32.2. The first-order chi connectivity index (χ1) is 4.37. The maximum atomic E-state index is 9.70. The summed E-state index contributed by atoms with van der Waals surface area (Å²) in [5.41, 5.74) is 0. The highest BCUT2D eigenvalue weighted by Crippen LogP contribution is 1.87. The van der Waals surface area contributed by atoms with Gasteiger partial charge in [0.25, 0.3) is 0 Å². The van der Waals surface area contributed by atoms with Crippen LogP contribution in [0.5, 0.6) is 0 Å². The number of carboxylic acid groups (broad SMARTS) is 1. The molecule has 0 unspecified atom stereocenters. The second-order valence-electron chi connectivity index (χ2n) is 2.23. The van der Waals surface area contributed by atoms with Crippen molar-refractivity contribution in [3.05, 3.63) is 0 Å². The van der Waals surface area contributed by atoms with Crippen molar-refractivity contribution in [2.75, 3.05) is 12.5 Å². The van der Waals surface area contributed by atoms with Gasteiger partial charge in [-0.15, -0.1) is 0 Å². The molecule has 0 aliphatic heterocycles. The molecule has 0 radical (unpaired) electrons. The molecule has 3 nitrogen and oxygen atoms in total. The molecule has 0 aromatic carbocycles. The summed E-state index contributed by atoms with van der Waals surface area (Å²) in [4.78, 5) is 9.70.